The SMILES string of the molecule is O=Cc1ccc2c(c1)[nH]c1ccc(Cl)cc12. The summed E-state index contributed by atoms with van der Waals surface area (Å²) in [5.41, 5.74) is 2.66. The Morgan fingerprint density at radius 1 is 1.00 bits per heavy atom. The molecule has 1 N–H and O–H groups in total. The number of aldehydes is 1. The van der Waals surface area contributed by atoms with Gasteiger partial charge < -0.3 is 4.98 Å². The summed E-state index contributed by atoms with van der Waals surface area (Å²) >= 11 is 5.96. The molecule has 0 spiro atoms. The summed E-state index contributed by atoms with van der Waals surface area (Å²) in [5, 5.41) is 2.89. The van der Waals surface area contributed by atoms with Gasteiger partial charge in [0.2, 0.25) is 0 Å². The molecule has 0 bridgehead atoms. The molecule has 0 saturated carbocycles. The van der Waals surface area contributed by atoms with Gasteiger partial charge in [-0.1, -0.05) is 23.7 Å². The Hall–Kier alpha value is -1.80. The Bertz CT molecular complexity index is 700. The lowest BCUT2D eigenvalue weighted by molar-refractivity contribution is 0.112. The zero-order valence-electron chi connectivity index (χ0n) is 8.33. The summed E-state index contributed by atoms with van der Waals surface area (Å²) in [5.74, 6) is 0. The molecule has 3 heteroatoms. The van der Waals surface area contributed by atoms with Gasteiger partial charge in [-0.15, -0.1) is 0 Å². The second kappa shape index (κ2) is 3.35. The topological polar surface area (TPSA) is 32.9 Å². The van der Waals surface area contributed by atoms with Gasteiger partial charge in [-0.05, 0) is 24.3 Å². The molecule has 0 saturated heterocycles. The van der Waals surface area contributed by atoms with Gasteiger partial charge in [0, 0.05) is 32.4 Å². The zero-order chi connectivity index (χ0) is 11.1. The predicted molar refractivity (Wildman–Crippen MR) is 66.2 cm³/mol. The van der Waals surface area contributed by atoms with Gasteiger partial charge in [0.1, 0.15) is 6.29 Å². The third-order valence-corrected chi connectivity index (χ3v) is 2.96. The van der Waals surface area contributed by atoms with E-state index in [1.807, 2.05) is 36.4 Å². The minimum absolute atomic E-state index is 0.671. The third-order valence-electron chi connectivity index (χ3n) is 2.72. The number of rotatable bonds is 1. The Morgan fingerprint density at radius 3 is 2.69 bits per heavy atom. The van der Waals surface area contributed by atoms with Crippen molar-refractivity contribution in [3.63, 3.8) is 0 Å². The monoisotopic (exact) mass is 229 g/mol. The predicted octanol–water partition coefficient (Wildman–Crippen LogP) is 3.79. The molecule has 3 aromatic rings. The maximum absolute atomic E-state index is 10.7. The van der Waals surface area contributed by atoms with Crippen LogP contribution in [0.2, 0.25) is 5.02 Å². The molecule has 16 heavy (non-hydrogen) atoms. The molecule has 78 valence electrons. The highest BCUT2D eigenvalue weighted by Gasteiger charge is 2.04. The van der Waals surface area contributed by atoms with Crippen LogP contribution >= 0.6 is 11.6 Å². The smallest absolute Gasteiger partial charge is 0.150 e. The zero-order valence-corrected chi connectivity index (χ0v) is 9.08. The van der Waals surface area contributed by atoms with Gasteiger partial charge in [-0.25, -0.2) is 0 Å². The maximum Gasteiger partial charge on any atom is 0.150 e. The maximum atomic E-state index is 10.7. The first-order valence-electron chi connectivity index (χ1n) is 4.94. The number of H-pyrrole nitrogens is 1. The van der Waals surface area contributed by atoms with E-state index in [9.17, 15) is 4.79 Å². The van der Waals surface area contributed by atoms with Crippen LogP contribution in [0, 0.1) is 0 Å². The summed E-state index contributed by atoms with van der Waals surface area (Å²) in [6.07, 6.45) is 0.845. The van der Waals surface area contributed by atoms with Gasteiger partial charge >= 0.3 is 0 Å². The average Bonchev–Trinajstić information content (AvgIpc) is 2.66. The molecule has 3 rings (SSSR count). The number of carbonyl (C=O) groups excluding carboxylic acids is 1. The van der Waals surface area contributed by atoms with Gasteiger partial charge in [-0.2, -0.15) is 0 Å². The number of carbonyl (C=O) groups is 1. The lowest BCUT2D eigenvalue weighted by atomic mass is 10.1. The fourth-order valence-corrected chi connectivity index (χ4v) is 2.14. The van der Waals surface area contributed by atoms with Crippen LogP contribution in [0.3, 0.4) is 0 Å². The van der Waals surface area contributed by atoms with E-state index in [2.05, 4.69) is 4.98 Å². The number of aromatic amines is 1. The summed E-state index contributed by atoms with van der Waals surface area (Å²) in [7, 11) is 0. The molecule has 0 atom stereocenters. The van der Waals surface area contributed by atoms with E-state index in [4.69, 9.17) is 11.6 Å². The van der Waals surface area contributed by atoms with Gasteiger partial charge in [0.15, 0.2) is 0 Å². The van der Waals surface area contributed by atoms with E-state index >= 15 is 0 Å². The fourth-order valence-electron chi connectivity index (χ4n) is 1.97. The summed E-state index contributed by atoms with van der Waals surface area (Å²) in [4.78, 5) is 13.9. The molecule has 2 nitrogen and oxygen atoms in total. The molecule has 1 heterocycles. The van der Waals surface area contributed by atoms with Crippen LogP contribution in [0.15, 0.2) is 36.4 Å². The van der Waals surface area contributed by atoms with Gasteiger partial charge in [-0.3, -0.25) is 4.79 Å². The molecule has 1 aromatic heterocycles. The second-order valence-electron chi connectivity index (χ2n) is 3.74. The van der Waals surface area contributed by atoms with Crippen molar-refractivity contribution in [3.05, 3.63) is 47.0 Å². The number of halogens is 1. The van der Waals surface area contributed by atoms with Gasteiger partial charge in [0.05, 0.1) is 0 Å². The first-order valence-corrected chi connectivity index (χ1v) is 5.32. The van der Waals surface area contributed by atoms with Crippen LogP contribution in [-0.4, -0.2) is 11.3 Å². The van der Waals surface area contributed by atoms with Crippen LogP contribution in [0.5, 0.6) is 0 Å². The molecule has 0 aliphatic heterocycles. The Labute approximate surface area is 96.8 Å². The fraction of sp³-hybridized carbons (Fsp3) is 0. The summed E-state index contributed by atoms with van der Waals surface area (Å²) < 4.78 is 0. The van der Waals surface area contributed by atoms with Crippen molar-refractivity contribution in [2.24, 2.45) is 0 Å². The first-order chi connectivity index (χ1) is 7.78. The Kier molecular flexibility index (Phi) is 1.98. The molecule has 0 unspecified atom stereocenters. The number of fused-ring (bicyclic) bond motifs is 3. The lowest BCUT2D eigenvalue weighted by Crippen LogP contribution is -1.77. The highest BCUT2D eigenvalue weighted by molar-refractivity contribution is 6.31. The largest absolute Gasteiger partial charge is 0.354 e. The third kappa shape index (κ3) is 1.31. The van der Waals surface area contributed by atoms with Crippen molar-refractivity contribution >= 4 is 39.7 Å². The lowest BCUT2D eigenvalue weighted by Gasteiger charge is -1.92. The number of hydrogen-bond acceptors (Lipinski definition) is 1. The second-order valence-corrected chi connectivity index (χ2v) is 4.17. The van der Waals surface area contributed by atoms with Crippen LogP contribution in [0.1, 0.15) is 10.4 Å². The number of aromatic nitrogens is 1. The first kappa shape index (κ1) is 9.43. The minimum Gasteiger partial charge on any atom is -0.354 e. The highest BCUT2D eigenvalue weighted by Crippen LogP contribution is 2.28. The quantitative estimate of drug-likeness (QED) is 0.633. The van der Waals surface area contributed by atoms with E-state index < -0.39 is 0 Å². The number of benzene rings is 2. The minimum atomic E-state index is 0.671. The average molecular weight is 230 g/mol. The van der Waals surface area contributed by atoms with Gasteiger partial charge in [0.25, 0.3) is 0 Å². The van der Waals surface area contributed by atoms with E-state index in [1.165, 1.54) is 0 Å². The molecular weight excluding hydrogens is 222 g/mol. The molecular formula is C13H8ClNO. The van der Waals surface area contributed by atoms with E-state index in [0.717, 1.165) is 28.1 Å². The van der Waals surface area contributed by atoms with Crippen molar-refractivity contribution < 1.29 is 4.79 Å². The molecule has 2 aromatic carbocycles. The number of hydrogen-bond donors (Lipinski definition) is 1. The van der Waals surface area contributed by atoms with E-state index in [1.54, 1.807) is 0 Å². The Morgan fingerprint density at radius 2 is 1.88 bits per heavy atom. The van der Waals surface area contributed by atoms with Crippen molar-refractivity contribution in [3.8, 4) is 0 Å². The van der Waals surface area contributed by atoms with E-state index in [0.29, 0.717) is 10.6 Å². The van der Waals surface area contributed by atoms with Crippen molar-refractivity contribution in [1.29, 1.82) is 0 Å². The van der Waals surface area contributed by atoms with Crippen LogP contribution < -0.4 is 0 Å². The standard InChI is InChI=1S/C13H8ClNO/c14-9-2-4-12-11(6-9)10-3-1-8(7-16)5-13(10)15-12/h1-7,15H. The van der Waals surface area contributed by atoms with Crippen LogP contribution in [0.25, 0.3) is 21.8 Å². The Balaban J connectivity index is 2.46. The highest BCUT2D eigenvalue weighted by atomic mass is 35.5. The molecule has 0 fully saturated rings. The molecule has 0 aliphatic carbocycles. The molecule has 0 amide bonds. The number of nitrogens with one attached hydrogen (secondary N) is 1. The van der Waals surface area contributed by atoms with Crippen LogP contribution in [-0.2, 0) is 0 Å². The molecule has 0 radical (unpaired) electrons. The van der Waals surface area contributed by atoms with Crippen LogP contribution in [0.4, 0.5) is 0 Å². The van der Waals surface area contributed by atoms with Crippen molar-refractivity contribution in [2.75, 3.05) is 0 Å². The summed E-state index contributed by atoms with van der Waals surface area (Å²) in [6, 6.07) is 11.3. The normalized spacial score (nSPS) is 11.1. The van der Waals surface area contributed by atoms with Crippen molar-refractivity contribution in [2.45, 2.75) is 0 Å². The van der Waals surface area contributed by atoms with E-state index in [-0.39, 0.29) is 0 Å². The summed E-state index contributed by atoms with van der Waals surface area (Å²) in [6.45, 7) is 0. The van der Waals surface area contributed by atoms with Crippen molar-refractivity contribution in [1.82, 2.24) is 4.98 Å². The molecule has 0 aliphatic rings.